The highest BCUT2D eigenvalue weighted by molar-refractivity contribution is 5.53. The zero-order valence-corrected chi connectivity index (χ0v) is 12.6. The quantitative estimate of drug-likeness (QED) is 0.887. The Balaban J connectivity index is 2.26. The molecule has 4 nitrogen and oxygen atoms in total. The van der Waals surface area contributed by atoms with Gasteiger partial charge >= 0.3 is 0 Å². The van der Waals surface area contributed by atoms with Crippen LogP contribution in [0, 0.1) is 6.92 Å². The van der Waals surface area contributed by atoms with Gasteiger partial charge < -0.3 is 19.3 Å². The Morgan fingerprint density at radius 2 is 1.62 bits per heavy atom. The first kappa shape index (κ1) is 15.2. The second-order valence-electron chi connectivity index (χ2n) is 4.77. The van der Waals surface area contributed by atoms with Crippen molar-refractivity contribution in [1.29, 1.82) is 0 Å². The molecule has 4 heteroatoms. The molecule has 2 aromatic rings. The van der Waals surface area contributed by atoms with Crippen molar-refractivity contribution in [3.05, 3.63) is 53.1 Å². The van der Waals surface area contributed by atoms with E-state index < -0.39 is 0 Å². The topological polar surface area (TPSA) is 47.9 Å². The van der Waals surface area contributed by atoms with E-state index in [0.717, 1.165) is 5.56 Å². The van der Waals surface area contributed by atoms with Crippen molar-refractivity contribution < 1.29 is 19.3 Å². The standard InChI is InChI=1S/C17H20O4/c1-12-5-4-6-13(7-12)11-21-17-15(19-2)8-14(10-18)9-16(17)20-3/h4-9,18H,10-11H2,1-3H3. The van der Waals surface area contributed by atoms with E-state index in [4.69, 9.17) is 14.2 Å². The first-order valence-corrected chi connectivity index (χ1v) is 6.72. The van der Waals surface area contributed by atoms with E-state index in [1.807, 2.05) is 25.1 Å². The number of benzene rings is 2. The number of ether oxygens (including phenoxy) is 3. The summed E-state index contributed by atoms with van der Waals surface area (Å²) in [6.45, 7) is 2.39. The van der Waals surface area contributed by atoms with Gasteiger partial charge in [-0.3, -0.25) is 0 Å². The molecular weight excluding hydrogens is 268 g/mol. The molecule has 1 N–H and O–H groups in total. The number of hydrogen-bond donors (Lipinski definition) is 1. The largest absolute Gasteiger partial charge is 0.493 e. The van der Waals surface area contributed by atoms with E-state index in [1.165, 1.54) is 5.56 Å². The van der Waals surface area contributed by atoms with Gasteiger partial charge in [-0.05, 0) is 30.2 Å². The predicted molar refractivity (Wildman–Crippen MR) is 81.0 cm³/mol. The molecule has 0 atom stereocenters. The van der Waals surface area contributed by atoms with Gasteiger partial charge in [-0.25, -0.2) is 0 Å². The van der Waals surface area contributed by atoms with Crippen LogP contribution in [-0.2, 0) is 13.2 Å². The monoisotopic (exact) mass is 288 g/mol. The van der Waals surface area contributed by atoms with Crippen LogP contribution in [0.2, 0.25) is 0 Å². The van der Waals surface area contributed by atoms with E-state index in [-0.39, 0.29) is 6.61 Å². The van der Waals surface area contributed by atoms with Gasteiger partial charge in [0.05, 0.1) is 20.8 Å². The van der Waals surface area contributed by atoms with Gasteiger partial charge in [-0.1, -0.05) is 29.8 Å². The molecule has 0 aliphatic heterocycles. The van der Waals surface area contributed by atoms with Gasteiger partial charge in [0, 0.05) is 0 Å². The molecule has 2 aromatic carbocycles. The first-order chi connectivity index (χ1) is 10.2. The van der Waals surface area contributed by atoms with Crippen molar-refractivity contribution in [3.63, 3.8) is 0 Å². The van der Waals surface area contributed by atoms with Crippen molar-refractivity contribution in [2.75, 3.05) is 14.2 Å². The molecule has 0 aliphatic carbocycles. The molecule has 0 bridgehead atoms. The zero-order valence-electron chi connectivity index (χ0n) is 12.6. The van der Waals surface area contributed by atoms with Gasteiger partial charge in [0.15, 0.2) is 11.5 Å². The Bertz CT molecular complexity index is 582. The van der Waals surface area contributed by atoms with Crippen molar-refractivity contribution in [3.8, 4) is 17.2 Å². The summed E-state index contributed by atoms with van der Waals surface area (Å²) in [5.74, 6) is 1.64. The van der Waals surface area contributed by atoms with E-state index in [1.54, 1.807) is 26.4 Å². The highest BCUT2D eigenvalue weighted by Gasteiger charge is 2.14. The molecule has 0 fully saturated rings. The average Bonchev–Trinajstić information content (AvgIpc) is 2.52. The molecule has 0 saturated carbocycles. The maximum Gasteiger partial charge on any atom is 0.203 e. The van der Waals surface area contributed by atoms with Crippen LogP contribution >= 0.6 is 0 Å². The molecule has 0 unspecified atom stereocenters. The summed E-state index contributed by atoms with van der Waals surface area (Å²) in [4.78, 5) is 0. The molecule has 112 valence electrons. The van der Waals surface area contributed by atoms with Crippen LogP contribution in [0.4, 0.5) is 0 Å². The van der Waals surface area contributed by atoms with E-state index in [9.17, 15) is 5.11 Å². The fraction of sp³-hybridized carbons (Fsp3) is 0.294. The Morgan fingerprint density at radius 1 is 0.952 bits per heavy atom. The van der Waals surface area contributed by atoms with E-state index in [2.05, 4.69) is 6.07 Å². The smallest absolute Gasteiger partial charge is 0.203 e. The summed E-state index contributed by atoms with van der Waals surface area (Å²) in [5, 5.41) is 9.25. The lowest BCUT2D eigenvalue weighted by molar-refractivity contribution is 0.260. The first-order valence-electron chi connectivity index (χ1n) is 6.72. The molecule has 0 saturated heterocycles. The summed E-state index contributed by atoms with van der Waals surface area (Å²) >= 11 is 0. The molecule has 0 aliphatic rings. The maximum atomic E-state index is 9.25. The summed E-state index contributed by atoms with van der Waals surface area (Å²) in [7, 11) is 3.13. The fourth-order valence-electron chi connectivity index (χ4n) is 2.13. The van der Waals surface area contributed by atoms with E-state index in [0.29, 0.717) is 29.4 Å². The SMILES string of the molecule is COc1cc(CO)cc(OC)c1OCc1cccc(C)c1. The lowest BCUT2D eigenvalue weighted by atomic mass is 10.1. The van der Waals surface area contributed by atoms with Gasteiger partial charge in [0.25, 0.3) is 0 Å². The number of aliphatic hydroxyl groups excluding tert-OH is 1. The van der Waals surface area contributed by atoms with Crippen LogP contribution in [0.5, 0.6) is 17.2 Å². The summed E-state index contributed by atoms with van der Waals surface area (Å²) in [6.07, 6.45) is 0. The number of methoxy groups -OCH3 is 2. The number of aryl methyl sites for hydroxylation is 1. The molecule has 0 amide bonds. The third-order valence-electron chi connectivity index (χ3n) is 3.17. The molecule has 2 rings (SSSR count). The molecule has 0 aromatic heterocycles. The van der Waals surface area contributed by atoms with E-state index >= 15 is 0 Å². The zero-order chi connectivity index (χ0) is 15.2. The highest BCUT2D eigenvalue weighted by atomic mass is 16.5. The minimum absolute atomic E-state index is 0.0785. The van der Waals surface area contributed by atoms with Gasteiger partial charge in [-0.2, -0.15) is 0 Å². The minimum atomic E-state index is -0.0785. The maximum absolute atomic E-state index is 9.25. The Hall–Kier alpha value is -2.20. The fourth-order valence-corrected chi connectivity index (χ4v) is 2.13. The third-order valence-corrected chi connectivity index (χ3v) is 3.17. The average molecular weight is 288 g/mol. The molecular formula is C17H20O4. The molecule has 0 spiro atoms. The van der Waals surface area contributed by atoms with Crippen LogP contribution < -0.4 is 14.2 Å². The summed E-state index contributed by atoms with van der Waals surface area (Å²) < 4.78 is 16.5. The molecule has 21 heavy (non-hydrogen) atoms. The lowest BCUT2D eigenvalue weighted by Gasteiger charge is -2.16. The molecule has 0 heterocycles. The van der Waals surface area contributed by atoms with Crippen LogP contribution in [0.25, 0.3) is 0 Å². The van der Waals surface area contributed by atoms with Crippen LogP contribution in [0.15, 0.2) is 36.4 Å². The van der Waals surface area contributed by atoms with Crippen LogP contribution in [0.3, 0.4) is 0 Å². The Morgan fingerprint density at radius 3 is 2.14 bits per heavy atom. The number of aliphatic hydroxyl groups is 1. The van der Waals surface area contributed by atoms with Crippen molar-refractivity contribution >= 4 is 0 Å². The van der Waals surface area contributed by atoms with Crippen molar-refractivity contribution in [2.24, 2.45) is 0 Å². The second-order valence-corrected chi connectivity index (χ2v) is 4.77. The normalized spacial score (nSPS) is 10.3. The van der Waals surface area contributed by atoms with Crippen molar-refractivity contribution in [2.45, 2.75) is 20.1 Å². The Kier molecular flexibility index (Phi) is 5.06. The predicted octanol–water partition coefficient (Wildman–Crippen LogP) is 3.08. The van der Waals surface area contributed by atoms with Gasteiger partial charge in [0.2, 0.25) is 5.75 Å². The second kappa shape index (κ2) is 6.99. The highest BCUT2D eigenvalue weighted by Crippen LogP contribution is 2.39. The molecule has 0 radical (unpaired) electrons. The van der Waals surface area contributed by atoms with Crippen LogP contribution in [-0.4, -0.2) is 19.3 Å². The van der Waals surface area contributed by atoms with Gasteiger partial charge in [0.1, 0.15) is 6.61 Å². The number of hydrogen-bond acceptors (Lipinski definition) is 4. The minimum Gasteiger partial charge on any atom is -0.493 e. The van der Waals surface area contributed by atoms with Crippen LogP contribution in [0.1, 0.15) is 16.7 Å². The Labute approximate surface area is 124 Å². The summed E-state index contributed by atoms with van der Waals surface area (Å²) in [6, 6.07) is 11.6. The third kappa shape index (κ3) is 3.67. The summed E-state index contributed by atoms with van der Waals surface area (Å²) in [5.41, 5.74) is 2.97. The lowest BCUT2D eigenvalue weighted by Crippen LogP contribution is -2.01. The van der Waals surface area contributed by atoms with Crippen molar-refractivity contribution in [1.82, 2.24) is 0 Å². The number of rotatable bonds is 6. The van der Waals surface area contributed by atoms with Gasteiger partial charge in [-0.15, -0.1) is 0 Å².